The molecular formula is C16H37ClN4O5. The van der Waals surface area contributed by atoms with Crippen molar-refractivity contribution in [1.82, 2.24) is 5.43 Å². The average molecular weight is 401 g/mol. The number of nitrogens with two attached hydrogens (primary N) is 2. The molecule has 158 valence electrons. The molecule has 1 atom stereocenters. The molecule has 0 aliphatic heterocycles. The number of hydrazine groups is 1. The van der Waals surface area contributed by atoms with Gasteiger partial charge in [0.25, 0.3) is 0 Å². The summed E-state index contributed by atoms with van der Waals surface area (Å²) in [6, 6.07) is 0. The fraction of sp³-hybridized carbons (Fsp3) is 0.875. The van der Waals surface area contributed by atoms with Crippen LogP contribution in [0.1, 0.15) is 40.0 Å². The van der Waals surface area contributed by atoms with Crippen LogP contribution >= 0.6 is 0 Å². The highest BCUT2D eigenvalue weighted by Crippen LogP contribution is 2.35. The van der Waals surface area contributed by atoms with Gasteiger partial charge in [-0.05, 0) is 19.8 Å². The number of quaternary nitrogens is 1. The zero-order chi connectivity index (χ0) is 20.3. The Morgan fingerprint density at radius 3 is 1.81 bits per heavy atom. The van der Waals surface area contributed by atoms with E-state index in [1.54, 1.807) is 13.8 Å². The zero-order valence-corrected chi connectivity index (χ0v) is 17.9. The van der Waals surface area contributed by atoms with E-state index in [1.807, 2.05) is 6.92 Å². The number of carboxylic acids is 1. The molecule has 0 aromatic heterocycles. The van der Waals surface area contributed by atoms with Crippen LogP contribution in [0, 0.1) is 5.41 Å². The predicted octanol–water partition coefficient (Wildman–Crippen LogP) is -2.75. The summed E-state index contributed by atoms with van der Waals surface area (Å²) in [6.07, 6.45) is 1.16. The summed E-state index contributed by atoms with van der Waals surface area (Å²) >= 11 is 0. The third-order valence-corrected chi connectivity index (χ3v) is 4.16. The van der Waals surface area contributed by atoms with Crippen LogP contribution in [0.4, 0.5) is 0 Å². The van der Waals surface area contributed by atoms with Crippen LogP contribution in [-0.2, 0) is 19.1 Å². The Bertz CT molecular complexity index is 408. The molecule has 0 fully saturated rings. The smallest absolute Gasteiger partial charge is 0.315 e. The molecule has 0 saturated carbocycles. The van der Waals surface area contributed by atoms with Crippen molar-refractivity contribution in [2.75, 3.05) is 41.4 Å². The van der Waals surface area contributed by atoms with Crippen molar-refractivity contribution in [2.45, 2.75) is 45.9 Å². The molecule has 0 aromatic carbocycles. The van der Waals surface area contributed by atoms with Gasteiger partial charge in [0.1, 0.15) is 5.41 Å². The van der Waals surface area contributed by atoms with Gasteiger partial charge in [0, 0.05) is 7.11 Å². The molecule has 0 aliphatic carbocycles. The van der Waals surface area contributed by atoms with E-state index in [0.717, 1.165) is 11.0 Å². The lowest BCUT2D eigenvalue weighted by Gasteiger charge is -2.42. The van der Waals surface area contributed by atoms with Crippen molar-refractivity contribution in [3.8, 4) is 0 Å². The Kier molecular flexibility index (Phi) is 15.2. The van der Waals surface area contributed by atoms with Gasteiger partial charge >= 0.3 is 11.9 Å². The number of ether oxygens (including phenoxy) is 2. The summed E-state index contributed by atoms with van der Waals surface area (Å²) in [6.45, 7) is 6.60. The van der Waals surface area contributed by atoms with Crippen LogP contribution in [0.3, 0.4) is 0 Å². The molecule has 0 saturated heterocycles. The van der Waals surface area contributed by atoms with Crippen LogP contribution in [0.5, 0.6) is 0 Å². The number of nitrogens with zero attached hydrogens (tertiary/aromatic N) is 1. The molecule has 9 nitrogen and oxygen atoms in total. The van der Waals surface area contributed by atoms with Gasteiger partial charge in [0.2, 0.25) is 5.85 Å². The first kappa shape index (κ1) is 29.8. The number of carbonyl (C=O) groups is 2. The maximum absolute atomic E-state index is 11.2. The van der Waals surface area contributed by atoms with Gasteiger partial charge in [-0.3, -0.25) is 21.2 Å². The lowest BCUT2D eigenvalue weighted by Crippen LogP contribution is -3.00. The summed E-state index contributed by atoms with van der Waals surface area (Å²) < 4.78 is 10.5. The van der Waals surface area contributed by atoms with Crippen molar-refractivity contribution < 1.29 is 41.1 Å². The normalized spacial score (nSPS) is 13.6. The van der Waals surface area contributed by atoms with E-state index in [-0.39, 0.29) is 18.4 Å². The van der Waals surface area contributed by atoms with Crippen LogP contribution in [0.2, 0.25) is 0 Å². The van der Waals surface area contributed by atoms with Crippen molar-refractivity contribution in [3.63, 3.8) is 0 Å². The average Bonchev–Trinajstić information content (AvgIpc) is 2.54. The number of nitrogens with one attached hydrogen (secondary N) is 1. The SMILES string of the molecule is CCC(CC)(C(=O)O)C(N)(NN)OC.CCOC(=O)CC[N+](C)(C)C.[Cl-]. The Morgan fingerprint density at radius 1 is 1.15 bits per heavy atom. The molecule has 10 heteroatoms. The van der Waals surface area contributed by atoms with E-state index < -0.39 is 17.2 Å². The van der Waals surface area contributed by atoms with Crippen LogP contribution in [0.25, 0.3) is 0 Å². The third kappa shape index (κ3) is 9.11. The van der Waals surface area contributed by atoms with Crippen molar-refractivity contribution in [1.29, 1.82) is 0 Å². The second kappa shape index (κ2) is 13.2. The second-order valence-corrected chi connectivity index (χ2v) is 6.75. The molecular weight excluding hydrogens is 364 g/mol. The molecule has 6 N–H and O–H groups in total. The highest BCUT2D eigenvalue weighted by atomic mass is 35.5. The Morgan fingerprint density at radius 2 is 1.62 bits per heavy atom. The van der Waals surface area contributed by atoms with Gasteiger partial charge in [0.05, 0.1) is 40.7 Å². The minimum atomic E-state index is -1.55. The lowest BCUT2D eigenvalue weighted by molar-refractivity contribution is -0.869. The van der Waals surface area contributed by atoms with Gasteiger partial charge in [-0.25, -0.2) is 5.43 Å². The summed E-state index contributed by atoms with van der Waals surface area (Å²) in [7, 11) is 7.49. The summed E-state index contributed by atoms with van der Waals surface area (Å²) in [4.78, 5) is 22.0. The van der Waals surface area contributed by atoms with E-state index in [4.69, 9.17) is 26.2 Å². The fourth-order valence-electron chi connectivity index (χ4n) is 2.29. The first-order chi connectivity index (χ1) is 11.4. The van der Waals surface area contributed by atoms with Crippen molar-refractivity contribution in [3.05, 3.63) is 0 Å². The second-order valence-electron chi connectivity index (χ2n) is 6.75. The Labute approximate surface area is 163 Å². The summed E-state index contributed by atoms with van der Waals surface area (Å²) in [5.74, 6) is 2.56. The van der Waals surface area contributed by atoms with E-state index in [0.29, 0.717) is 25.9 Å². The highest BCUT2D eigenvalue weighted by Gasteiger charge is 2.53. The number of rotatable bonds is 10. The first-order valence-corrected chi connectivity index (χ1v) is 8.40. The molecule has 0 aromatic rings. The molecule has 0 bridgehead atoms. The molecule has 0 rings (SSSR count). The van der Waals surface area contributed by atoms with Crippen molar-refractivity contribution in [2.24, 2.45) is 17.0 Å². The molecule has 0 spiro atoms. The van der Waals surface area contributed by atoms with Gasteiger partial charge in [-0.15, -0.1) is 0 Å². The predicted molar refractivity (Wildman–Crippen MR) is 96.1 cm³/mol. The molecule has 26 heavy (non-hydrogen) atoms. The number of aliphatic carboxylic acids is 1. The van der Waals surface area contributed by atoms with Crippen LogP contribution in [0.15, 0.2) is 0 Å². The number of esters is 1. The number of hydrogen-bond donors (Lipinski definition) is 4. The molecule has 1 unspecified atom stereocenters. The lowest BCUT2D eigenvalue weighted by atomic mass is 9.77. The first-order valence-electron chi connectivity index (χ1n) is 8.40. The minimum absolute atomic E-state index is 0. The maximum Gasteiger partial charge on any atom is 0.315 e. The number of carboxylic acid groups (broad SMARTS) is 1. The fourth-order valence-corrected chi connectivity index (χ4v) is 2.29. The highest BCUT2D eigenvalue weighted by molar-refractivity contribution is 5.76. The monoisotopic (exact) mass is 400 g/mol. The molecule has 0 radical (unpaired) electrons. The standard InChI is InChI=1S/C8H19N3O3.C8H18NO2.ClH/c1-4-7(5-2,6(12)13)8(9,11-10)14-3;1-5-11-8(10)6-7-9(2,3)4;/h11H,4-5,9-10H2,1-3H3,(H,12,13);5-7H2,1-4H3;1H/q;+1;/p-1. The van der Waals surface area contributed by atoms with Crippen LogP contribution < -0.4 is 29.4 Å². The van der Waals surface area contributed by atoms with Gasteiger partial charge in [-0.2, -0.15) is 0 Å². The van der Waals surface area contributed by atoms with Gasteiger partial charge in [-0.1, -0.05) is 13.8 Å². The third-order valence-electron chi connectivity index (χ3n) is 4.16. The number of hydrogen-bond acceptors (Lipinski definition) is 7. The number of carbonyl (C=O) groups excluding carboxylic acids is 1. The van der Waals surface area contributed by atoms with E-state index in [9.17, 15) is 9.59 Å². The number of methoxy groups -OCH3 is 1. The molecule has 0 amide bonds. The summed E-state index contributed by atoms with van der Waals surface area (Å²) in [5.41, 5.74) is 6.76. The maximum atomic E-state index is 11.2. The number of halogens is 1. The largest absolute Gasteiger partial charge is 1.00 e. The minimum Gasteiger partial charge on any atom is -1.00 e. The quantitative estimate of drug-likeness (QED) is 0.102. The molecule has 0 heterocycles. The van der Waals surface area contributed by atoms with Crippen molar-refractivity contribution >= 4 is 11.9 Å². The topological polar surface area (TPSA) is 137 Å². The Hall–Kier alpha value is -0.970. The Balaban J connectivity index is -0.000000402. The van der Waals surface area contributed by atoms with Gasteiger partial charge in [0.15, 0.2) is 0 Å². The summed E-state index contributed by atoms with van der Waals surface area (Å²) in [5, 5.41) is 9.17. The molecule has 0 aliphatic rings. The van der Waals surface area contributed by atoms with Gasteiger partial charge < -0.3 is 31.5 Å². The van der Waals surface area contributed by atoms with Crippen LogP contribution in [-0.4, -0.2) is 68.8 Å². The van der Waals surface area contributed by atoms with E-state index >= 15 is 0 Å². The van der Waals surface area contributed by atoms with E-state index in [1.165, 1.54) is 7.11 Å². The van der Waals surface area contributed by atoms with E-state index in [2.05, 4.69) is 26.6 Å². The zero-order valence-electron chi connectivity index (χ0n) is 17.1.